The summed E-state index contributed by atoms with van der Waals surface area (Å²) in [6.45, 7) is 0.0882. The van der Waals surface area contributed by atoms with Gasteiger partial charge in [-0.25, -0.2) is 4.98 Å². The van der Waals surface area contributed by atoms with E-state index in [2.05, 4.69) is 9.97 Å². The van der Waals surface area contributed by atoms with Crippen LogP contribution in [0.25, 0.3) is 10.9 Å². The molecule has 0 amide bonds. The first kappa shape index (κ1) is 13.1. The van der Waals surface area contributed by atoms with Crippen molar-refractivity contribution in [1.29, 1.82) is 0 Å². The predicted molar refractivity (Wildman–Crippen MR) is 78.5 cm³/mol. The highest BCUT2D eigenvalue weighted by molar-refractivity contribution is 5.79. The van der Waals surface area contributed by atoms with Crippen molar-refractivity contribution in [2.24, 2.45) is 0 Å². The highest BCUT2D eigenvalue weighted by Gasteiger charge is 2.06. The molecule has 2 aromatic carbocycles. The molecule has 104 valence electrons. The number of aldehydes is 1. The Morgan fingerprint density at radius 1 is 1.10 bits per heavy atom. The van der Waals surface area contributed by atoms with E-state index in [1.54, 1.807) is 42.5 Å². The minimum Gasteiger partial charge on any atom is -0.485 e. The first-order valence-electron chi connectivity index (χ1n) is 6.43. The van der Waals surface area contributed by atoms with Crippen LogP contribution in [0.15, 0.2) is 53.3 Å². The van der Waals surface area contributed by atoms with E-state index in [4.69, 9.17) is 4.74 Å². The zero-order chi connectivity index (χ0) is 14.7. The number of benzene rings is 2. The third-order valence-electron chi connectivity index (χ3n) is 3.07. The van der Waals surface area contributed by atoms with Gasteiger partial charge in [-0.05, 0) is 24.3 Å². The summed E-state index contributed by atoms with van der Waals surface area (Å²) in [5, 5.41) is 0.537. The lowest BCUT2D eigenvalue weighted by atomic mass is 10.2. The van der Waals surface area contributed by atoms with E-state index in [-0.39, 0.29) is 12.2 Å². The lowest BCUT2D eigenvalue weighted by Gasteiger charge is -2.08. The molecule has 0 aliphatic carbocycles. The quantitative estimate of drug-likeness (QED) is 0.744. The second-order valence-electron chi connectivity index (χ2n) is 4.47. The minimum atomic E-state index is -0.206. The highest BCUT2D eigenvalue weighted by Crippen LogP contribution is 2.16. The number of hydrogen-bond donors (Lipinski definition) is 1. The van der Waals surface area contributed by atoms with Gasteiger partial charge in [0.05, 0.1) is 16.5 Å². The van der Waals surface area contributed by atoms with Crippen LogP contribution < -0.4 is 10.3 Å². The maximum absolute atomic E-state index is 11.9. The molecule has 0 unspecified atom stereocenters. The van der Waals surface area contributed by atoms with Crippen molar-refractivity contribution in [3.63, 3.8) is 0 Å². The summed E-state index contributed by atoms with van der Waals surface area (Å²) in [6.07, 6.45) is 0.728. The topological polar surface area (TPSA) is 72.0 Å². The highest BCUT2D eigenvalue weighted by atomic mass is 16.5. The minimum absolute atomic E-state index is 0.0882. The molecule has 1 aromatic heterocycles. The Kier molecular flexibility index (Phi) is 3.47. The Morgan fingerprint density at radius 3 is 2.71 bits per heavy atom. The summed E-state index contributed by atoms with van der Waals surface area (Å²) in [7, 11) is 0. The molecule has 3 rings (SSSR count). The Morgan fingerprint density at radius 2 is 1.86 bits per heavy atom. The van der Waals surface area contributed by atoms with Gasteiger partial charge in [0.2, 0.25) is 0 Å². The fourth-order valence-corrected chi connectivity index (χ4v) is 2.06. The first-order valence-corrected chi connectivity index (χ1v) is 6.43. The van der Waals surface area contributed by atoms with E-state index >= 15 is 0 Å². The van der Waals surface area contributed by atoms with Crippen molar-refractivity contribution in [2.75, 3.05) is 0 Å². The molecule has 0 saturated heterocycles. The molecule has 5 heteroatoms. The Balaban J connectivity index is 1.89. The number of nitrogens with one attached hydrogen (secondary N) is 1. The average Bonchev–Trinajstić information content (AvgIpc) is 2.53. The van der Waals surface area contributed by atoms with Gasteiger partial charge >= 0.3 is 0 Å². The Labute approximate surface area is 120 Å². The van der Waals surface area contributed by atoms with E-state index in [0.29, 0.717) is 28.0 Å². The monoisotopic (exact) mass is 280 g/mol. The Bertz CT molecular complexity index is 855. The van der Waals surface area contributed by atoms with Gasteiger partial charge in [0.15, 0.2) is 6.29 Å². The van der Waals surface area contributed by atoms with Gasteiger partial charge in [0, 0.05) is 0 Å². The van der Waals surface area contributed by atoms with Gasteiger partial charge in [-0.15, -0.1) is 0 Å². The average molecular weight is 280 g/mol. The number of ether oxygens (including phenoxy) is 1. The standard InChI is InChI=1S/C16H12N2O3/c19-9-11-5-1-4-8-14(11)21-10-15-17-13-7-3-2-6-12(13)16(20)18-15/h1-9H,10H2,(H,17,18,20). The summed E-state index contributed by atoms with van der Waals surface area (Å²) in [5.74, 6) is 0.878. The molecular weight excluding hydrogens is 268 g/mol. The molecule has 1 heterocycles. The van der Waals surface area contributed by atoms with E-state index < -0.39 is 0 Å². The van der Waals surface area contributed by atoms with Gasteiger partial charge in [-0.1, -0.05) is 24.3 Å². The van der Waals surface area contributed by atoms with Gasteiger partial charge < -0.3 is 9.72 Å². The number of nitrogens with zero attached hydrogens (tertiary/aromatic N) is 1. The lowest BCUT2D eigenvalue weighted by Crippen LogP contribution is -2.13. The number of fused-ring (bicyclic) bond motifs is 1. The molecule has 1 N–H and O–H groups in total. The third-order valence-corrected chi connectivity index (χ3v) is 3.07. The van der Waals surface area contributed by atoms with Gasteiger partial charge in [0.25, 0.3) is 5.56 Å². The van der Waals surface area contributed by atoms with Crippen LogP contribution in [-0.2, 0) is 6.61 Å². The zero-order valence-corrected chi connectivity index (χ0v) is 11.1. The number of para-hydroxylation sites is 2. The van der Waals surface area contributed by atoms with Gasteiger partial charge in [0.1, 0.15) is 18.2 Å². The van der Waals surface area contributed by atoms with Crippen molar-refractivity contribution in [3.05, 3.63) is 70.3 Å². The molecule has 0 aliphatic heterocycles. The number of carbonyl (C=O) groups excluding carboxylic acids is 1. The molecule has 0 radical (unpaired) electrons. The number of aromatic nitrogens is 2. The van der Waals surface area contributed by atoms with Crippen LogP contribution in [0.2, 0.25) is 0 Å². The van der Waals surface area contributed by atoms with Crippen molar-refractivity contribution < 1.29 is 9.53 Å². The summed E-state index contributed by atoms with van der Waals surface area (Å²) in [5.41, 5.74) is 0.868. The fraction of sp³-hybridized carbons (Fsp3) is 0.0625. The predicted octanol–water partition coefficient (Wildman–Crippen LogP) is 2.31. The van der Waals surface area contributed by atoms with Gasteiger partial charge in [-0.3, -0.25) is 9.59 Å². The van der Waals surface area contributed by atoms with E-state index in [0.717, 1.165) is 6.29 Å². The molecule has 0 spiro atoms. The number of H-pyrrole nitrogens is 1. The molecule has 0 bridgehead atoms. The van der Waals surface area contributed by atoms with Crippen LogP contribution >= 0.6 is 0 Å². The van der Waals surface area contributed by atoms with Crippen molar-refractivity contribution in [2.45, 2.75) is 6.61 Å². The van der Waals surface area contributed by atoms with Crippen LogP contribution in [0.1, 0.15) is 16.2 Å². The fourth-order valence-electron chi connectivity index (χ4n) is 2.06. The molecule has 21 heavy (non-hydrogen) atoms. The normalized spacial score (nSPS) is 10.5. The largest absolute Gasteiger partial charge is 0.485 e. The summed E-state index contributed by atoms with van der Waals surface area (Å²) < 4.78 is 5.55. The molecule has 0 fully saturated rings. The van der Waals surface area contributed by atoms with Crippen LogP contribution in [-0.4, -0.2) is 16.3 Å². The van der Waals surface area contributed by atoms with E-state index in [1.807, 2.05) is 6.07 Å². The zero-order valence-electron chi connectivity index (χ0n) is 11.1. The van der Waals surface area contributed by atoms with Crippen LogP contribution in [0, 0.1) is 0 Å². The SMILES string of the molecule is O=Cc1ccccc1OCc1nc2ccccc2c(=O)[nH]1. The smallest absolute Gasteiger partial charge is 0.258 e. The second-order valence-corrected chi connectivity index (χ2v) is 4.47. The number of hydrogen-bond acceptors (Lipinski definition) is 4. The Hall–Kier alpha value is -2.95. The lowest BCUT2D eigenvalue weighted by molar-refractivity contribution is 0.111. The molecule has 0 aliphatic rings. The second kappa shape index (κ2) is 5.58. The van der Waals surface area contributed by atoms with Crippen LogP contribution in [0.5, 0.6) is 5.75 Å². The van der Waals surface area contributed by atoms with E-state index in [9.17, 15) is 9.59 Å². The molecule has 0 saturated carbocycles. The molecular formula is C16H12N2O3. The molecule has 3 aromatic rings. The molecule has 0 atom stereocenters. The first-order chi connectivity index (χ1) is 10.3. The van der Waals surface area contributed by atoms with Gasteiger partial charge in [-0.2, -0.15) is 0 Å². The van der Waals surface area contributed by atoms with Crippen molar-refractivity contribution in [3.8, 4) is 5.75 Å². The third kappa shape index (κ3) is 2.67. The molecule has 5 nitrogen and oxygen atoms in total. The number of aromatic amines is 1. The maximum atomic E-state index is 11.9. The summed E-state index contributed by atoms with van der Waals surface area (Å²) >= 11 is 0. The summed E-state index contributed by atoms with van der Waals surface area (Å²) in [4.78, 5) is 29.9. The van der Waals surface area contributed by atoms with Crippen molar-refractivity contribution >= 4 is 17.2 Å². The van der Waals surface area contributed by atoms with Crippen LogP contribution in [0.3, 0.4) is 0 Å². The maximum Gasteiger partial charge on any atom is 0.258 e. The number of rotatable bonds is 4. The number of carbonyl (C=O) groups is 1. The van der Waals surface area contributed by atoms with E-state index in [1.165, 1.54) is 0 Å². The van der Waals surface area contributed by atoms with Crippen molar-refractivity contribution in [1.82, 2.24) is 9.97 Å². The summed E-state index contributed by atoms with van der Waals surface area (Å²) in [6, 6.07) is 14.0. The van der Waals surface area contributed by atoms with Crippen LogP contribution in [0.4, 0.5) is 0 Å².